The van der Waals surface area contributed by atoms with E-state index in [0.717, 1.165) is 22.6 Å². The largest absolute Gasteiger partial charge is 0.493 e. The molecule has 0 heterocycles. The fraction of sp³-hybridized carbons (Fsp3) is 0.500. The topological polar surface area (TPSA) is 9.23 Å². The molecule has 15 heavy (non-hydrogen) atoms. The minimum atomic E-state index is 0.364. The zero-order valence-electron chi connectivity index (χ0n) is 8.79. The van der Waals surface area contributed by atoms with Gasteiger partial charge < -0.3 is 4.74 Å². The molecule has 0 spiro atoms. The molecule has 3 heteroatoms. The van der Waals surface area contributed by atoms with Crippen molar-refractivity contribution >= 4 is 28.6 Å². The van der Waals surface area contributed by atoms with Gasteiger partial charge in [-0.15, -0.1) is 0 Å². The summed E-state index contributed by atoms with van der Waals surface area (Å²) >= 11 is 7.81. The number of thiol groups is 1. The third-order valence-corrected chi connectivity index (χ3v) is 4.13. The summed E-state index contributed by atoms with van der Waals surface area (Å²) in [6.45, 7) is 2.87. The van der Waals surface area contributed by atoms with Gasteiger partial charge in [0.1, 0.15) is 5.75 Å². The fourth-order valence-electron chi connectivity index (χ4n) is 1.53. The first kappa shape index (κ1) is 11.3. The SMILES string of the molecule is Cc1cc(Br)ccc1OCC1(CS)CC1. The number of aryl methyl sites for hydroxylation is 1. The Labute approximate surface area is 105 Å². The molecule has 0 unspecified atom stereocenters. The predicted molar refractivity (Wildman–Crippen MR) is 69.9 cm³/mol. The number of ether oxygens (including phenoxy) is 1. The standard InChI is InChI=1S/C12H15BrOS/c1-9-6-10(13)2-3-11(9)14-7-12(8-15)4-5-12/h2-3,6,15H,4-5,7-8H2,1H3. The molecule has 0 aliphatic heterocycles. The summed E-state index contributed by atoms with van der Waals surface area (Å²) < 4.78 is 6.94. The summed E-state index contributed by atoms with van der Waals surface area (Å²) in [5, 5.41) is 0. The van der Waals surface area contributed by atoms with Gasteiger partial charge in [0, 0.05) is 9.89 Å². The van der Waals surface area contributed by atoms with E-state index in [1.807, 2.05) is 12.1 Å². The van der Waals surface area contributed by atoms with E-state index < -0.39 is 0 Å². The third kappa shape index (κ3) is 2.70. The molecular weight excluding hydrogens is 272 g/mol. The van der Waals surface area contributed by atoms with E-state index in [-0.39, 0.29) is 0 Å². The average molecular weight is 287 g/mol. The van der Waals surface area contributed by atoms with Crippen LogP contribution in [-0.4, -0.2) is 12.4 Å². The Bertz CT molecular complexity index is 361. The minimum absolute atomic E-state index is 0.364. The van der Waals surface area contributed by atoms with Crippen molar-refractivity contribution in [2.45, 2.75) is 19.8 Å². The molecule has 1 aromatic carbocycles. The van der Waals surface area contributed by atoms with Crippen molar-refractivity contribution in [3.05, 3.63) is 28.2 Å². The maximum atomic E-state index is 5.84. The molecule has 2 rings (SSSR count). The van der Waals surface area contributed by atoms with Crippen LogP contribution in [0.2, 0.25) is 0 Å². The molecule has 1 nitrogen and oxygen atoms in total. The lowest BCUT2D eigenvalue weighted by Gasteiger charge is -2.15. The molecule has 0 aromatic heterocycles. The summed E-state index contributed by atoms with van der Waals surface area (Å²) in [6.07, 6.45) is 2.51. The van der Waals surface area contributed by atoms with Gasteiger partial charge in [0.25, 0.3) is 0 Å². The van der Waals surface area contributed by atoms with Crippen LogP contribution in [0.15, 0.2) is 22.7 Å². The summed E-state index contributed by atoms with van der Waals surface area (Å²) in [5.41, 5.74) is 1.54. The minimum Gasteiger partial charge on any atom is -0.493 e. The van der Waals surface area contributed by atoms with Crippen molar-refractivity contribution in [2.24, 2.45) is 5.41 Å². The van der Waals surface area contributed by atoms with Crippen LogP contribution in [0.5, 0.6) is 5.75 Å². The molecule has 1 aliphatic carbocycles. The van der Waals surface area contributed by atoms with Crippen LogP contribution < -0.4 is 4.74 Å². The van der Waals surface area contributed by atoms with E-state index in [1.165, 1.54) is 18.4 Å². The maximum Gasteiger partial charge on any atom is 0.122 e. The zero-order valence-corrected chi connectivity index (χ0v) is 11.3. The Morgan fingerprint density at radius 3 is 2.73 bits per heavy atom. The molecule has 82 valence electrons. The highest BCUT2D eigenvalue weighted by Crippen LogP contribution is 2.46. The van der Waals surface area contributed by atoms with E-state index >= 15 is 0 Å². The third-order valence-electron chi connectivity index (χ3n) is 2.96. The molecule has 0 atom stereocenters. The van der Waals surface area contributed by atoms with Gasteiger partial charge in [-0.25, -0.2) is 0 Å². The maximum absolute atomic E-state index is 5.84. The second-order valence-electron chi connectivity index (χ2n) is 4.36. The van der Waals surface area contributed by atoms with Crippen molar-refractivity contribution < 1.29 is 4.74 Å². The normalized spacial score (nSPS) is 17.5. The van der Waals surface area contributed by atoms with E-state index in [9.17, 15) is 0 Å². The summed E-state index contributed by atoms with van der Waals surface area (Å²) in [4.78, 5) is 0. The Morgan fingerprint density at radius 1 is 1.47 bits per heavy atom. The van der Waals surface area contributed by atoms with Crippen LogP contribution in [0.3, 0.4) is 0 Å². The molecular formula is C12H15BrOS. The predicted octanol–water partition coefficient (Wildman–Crippen LogP) is 3.85. The Balaban J connectivity index is 1.99. The quantitative estimate of drug-likeness (QED) is 0.828. The number of hydrogen-bond acceptors (Lipinski definition) is 2. The zero-order chi connectivity index (χ0) is 10.9. The fourth-order valence-corrected chi connectivity index (χ4v) is 2.41. The lowest BCUT2D eigenvalue weighted by atomic mass is 10.1. The molecule has 1 aromatic rings. The van der Waals surface area contributed by atoms with Crippen LogP contribution in [-0.2, 0) is 0 Å². The summed E-state index contributed by atoms with van der Waals surface area (Å²) in [6, 6.07) is 6.12. The molecule has 0 radical (unpaired) electrons. The second kappa shape index (κ2) is 4.38. The van der Waals surface area contributed by atoms with Gasteiger partial charge in [-0.2, -0.15) is 12.6 Å². The molecule has 1 saturated carbocycles. The highest BCUT2D eigenvalue weighted by Gasteiger charge is 2.42. The molecule has 1 aliphatic rings. The Kier molecular flexibility index (Phi) is 3.31. The van der Waals surface area contributed by atoms with Gasteiger partial charge in [0.15, 0.2) is 0 Å². The highest BCUT2D eigenvalue weighted by atomic mass is 79.9. The molecule has 0 bridgehead atoms. The van der Waals surface area contributed by atoms with Crippen molar-refractivity contribution in [1.29, 1.82) is 0 Å². The lowest BCUT2D eigenvalue weighted by molar-refractivity contribution is 0.249. The van der Waals surface area contributed by atoms with Gasteiger partial charge in [0.2, 0.25) is 0 Å². The monoisotopic (exact) mass is 286 g/mol. The first-order valence-corrected chi connectivity index (χ1v) is 6.58. The number of benzene rings is 1. The van der Waals surface area contributed by atoms with Crippen LogP contribution in [0, 0.1) is 12.3 Å². The molecule has 0 amide bonds. The highest BCUT2D eigenvalue weighted by molar-refractivity contribution is 9.10. The van der Waals surface area contributed by atoms with Crippen molar-refractivity contribution in [3.8, 4) is 5.75 Å². The van der Waals surface area contributed by atoms with E-state index in [1.54, 1.807) is 0 Å². The molecule has 0 N–H and O–H groups in total. The smallest absolute Gasteiger partial charge is 0.122 e. The average Bonchev–Trinajstić information content (AvgIpc) is 2.97. The van der Waals surface area contributed by atoms with E-state index in [4.69, 9.17) is 4.74 Å². The second-order valence-corrected chi connectivity index (χ2v) is 5.59. The van der Waals surface area contributed by atoms with Crippen molar-refractivity contribution in [3.63, 3.8) is 0 Å². The summed E-state index contributed by atoms with van der Waals surface area (Å²) in [7, 11) is 0. The first-order valence-electron chi connectivity index (χ1n) is 5.15. The molecule has 1 fully saturated rings. The number of rotatable bonds is 4. The van der Waals surface area contributed by atoms with Gasteiger partial charge in [-0.3, -0.25) is 0 Å². The Morgan fingerprint density at radius 2 is 2.20 bits per heavy atom. The number of halogens is 1. The van der Waals surface area contributed by atoms with Crippen molar-refractivity contribution in [1.82, 2.24) is 0 Å². The van der Waals surface area contributed by atoms with Crippen LogP contribution >= 0.6 is 28.6 Å². The summed E-state index contributed by atoms with van der Waals surface area (Å²) in [5.74, 6) is 1.93. The van der Waals surface area contributed by atoms with Gasteiger partial charge in [0.05, 0.1) is 6.61 Å². The van der Waals surface area contributed by atoms with Crippen LogP contribution in [0.1, 0.15) is 18.4 Å². The van der Waals surface area contributed by atoms with Gasteiger partial charge in [-0.1, -0.05) is 15.9 Å². The van der Waals surface area contributed by atoms with Crippen molar-refractivity contribution in [2.75, 3.05) is 12.4 Å². The first-order chi connectivity index (χ1) is 7.15. The van der Waals surface area contributed by atoms with E-state index in [0.29, 0.717) is 5.41 Å². The van der Waals surface area contributed by atoms with Crippen LogP contribution in [0.25, 0.3) is 0 Å². The van der Waals surface area contributed by atoms with Gasteiger partial charge in [-0.05, 0) is 49.3 Å². The van der Waals surface area contributed by atoms with E-state index in [2.05, 4.69) is 41.5 Å². The van der Waals surface area contributed by atoms with Crippen LogP contribution in [0.4, 0.5) is 0 Å². The Hall–Kier alpha value is -0.150. The molecule has 0 saturated heterocycles. The van der Waals surface area contributed by atoms with Gasteiger partial charge >= 0.3 is 0 Å². The lowest BCUT2D eigenvalue weighted by Crippen LogP contribution is -2.14. The number of hydrogen-bond donors (Lipinski definition) is 1.